The van der Waals surface area contributed by atoms with Gasteiger partial charge in [-0.2, -0.15) is 0 Å². The highest BCUT2D eigenvalue weighted by atomic mass is 32.1. The first-order valence-electron chi connectivity index (χ1n) is 3.97. The number of thiophene rings is 1. The molecule has 0 amide bonds. The number of rotatable bonds is 2. The molecule has 0 N–H and O–H groups in total. The second-order valence-corrected chi connectivity index (χ2v) is 3.84. The zero-order chi connectivity index (χ0) is 10.1. The predicted molar refractivity (Wildman–Crippen MR) is 53.7 cm³/mol. The monoisotopic (exact) mass is 210 g/mol. The molecule has 72 valence electrons. The maximum Gasteiger partial charge on any atom is 0.163 e. The maximum absolute atomic E-state index is 12.9. The minimum atomic E-state index is -0.328. The van der Waals surface area contributed by atoms with Crippen molar-refractivity contribution < 1.29 is 13.9 Å². The van der Waals surface area contributed by atoms with Gasteiger partial charge in [0.25, 0.3) is 0 Å². The Morgan fingerprint density at radius 3 is 2.93 bits per heavy atom. The average molecular weight is 210 g/mol. The largest absolute Gasteiger partial charge is 0.494 e. The number of carbonyl (C=O) groups excluding carboxylic acids is 1. The number of aldehydes is 1. The van der Waals surface area contributed by atoms with Crippen LogP contribution in [0.1, 0.15) is 9.67 Å². The molecule has 0 saturated heterocycles. The first kappa shape index (κ1) is 9.15. The Bertz CT molecular complexity index is 490. The van der Waals surface area contributed by atoms with E-state index < -0.39 is 0 Å². The number of halogens is 1. The molecule has 2 rings (SSSR count). The molecule has 4 heteroatoms. The molecule has 0 unspecified atom stereocenters. The molecular formula is C10H7FO2S. The van der Waals surface area contributed by atoms with Crippen molar-refractivity contribution in [2.24, 2.45) is 0 Å². The van der Waals surface area contributed by atoms with E-state index in [9.17, 15) is 9.18 Å². The van der Waals surface area contributed by atoms with Crippen molar-refractivity contribution in [1.82, 2.24) is 0 Å². The van der Waals surface area contributed by atoms with E-state index in [1.165, 1.54) is 30.6 Å². The van der Waals surface area contributed by atoms with Crippen molar-refractivity contribution in [3.05, 3.63) is 28.9 Å². The van der Waals surface area contributed by atoms with Crippen LogP contribution in [-0.4, -0.2) is 13.4 Å². The third-order valence-electron chi connectivity index (χ3n) is 1.94. The summed E-state index contributed by atoms with van der Waals surface area (Å²) in [5.41, 5.74) is 0. The van der Waals surface area contributed by atoms with Crippen molar-refractivity contribution in [1.29, 1.82) is 0 Å². The Labute approximate surface area is 83.9 Å². The summed E-state index contributed by atoms with van der Waals surface area (Å²) in [5, 5.41) is 0.652. The fourth-order valence-corrected chi connectivity index (χ4v) is 2.32. The van der Waals surface area contributed by atoms with Gasteiger partial charge in [-0.25, -0.2) is 4.39 Å². The van der Waals surface area contributed by atoms with Crippen LogP contribution in [0.3, 0.4) is 0 Å². The van der Waals surface area contributed by atoms with E-state index in [0.29, 0.717) is 16.0 Å². The summed E-state index contributed by atoms with van der Waals surface area (Å²) >= 11 is 1.30. The van der Waals surface area contributed by atoms with Gasteiger partial charge < -0.3 is 4.74 Å². The Hall–Kier alpha value is -1.42. The fraction of sp³-hybridized carbons (Fsp3) is 0.100. The Morgan fingerprint density at radius 1 is 1.50 bits per heavy atom. The first-order valence-corrected chi connectivity index (χ1v) is 4.79. The molecule has 1 aromatic heterocycles. The summed E-state index contributed by atoms with van der Waals surface area (Å²) in [7, 11) is 1.47. The van der Waals surface area contributed by atoms with Crippen molar-refractivity contribution in [3.8, 4) is 5.75 Å². The lowest BCUT2D eigenvalue weighted by Crippen LogP contribution is -1.84. The Morgan fingerprint density at radius 2 is 2.29 bits per heavy atom. The van der Waals surface area contributed by atoms with Gasteiger partial charge in [-0.3, -0.25) is 4.79 Å². The van der Waals surface area contributed by atoms with Gasteiger partial charge >= 0.3 is 0 Å². The molecule has 14 heavy (non-hydrogen) atoms. The van der Waals surface area contributed by atoms with Crippen LogP contribution in [0.25, 0.3) is 10.1 Å². The number of carbonyl (C=O) groups is 1. The average Bonchev–Trinajstić information content (AvgIpc) is 2.54. The number of methoxy groups -OCH3 is 1. The van der Waals surface area contributed by atoms with Gasteiger partial charge in [0.05, 0.1) is 7.11 Å². The van der Waals surface area contributed by atoms with E-state index in [4.69, 9.17) is 4.74 Å². The molecule has 0 bridgehead atoms. The molecule has 1 aromatic carbocycles. The van der Waals surface area contributed by atoms with Gasteiger partial charge in [0.2, 0.25) is 0 Å². The van der Waals surface area contributed by atoms with Crippen molar-refractivity contribution in [3.63, 3.8) is 0 Å². The predicted octanol–water partition coefficient (Wildman–Crippen LogP) is 2.86. The normalized spacial score (nSPS) is 10.4. The summed E-state index contributed by atoms with van der Waals surface area (Å²) < 4.78 is 18.8. The molecule has 2 aromatic rings. The number of hydrogen-bond acceptors (Lipinski definition) is 3. The van der Waals surface area contributed by atoms with Gasteiger partial charge in [0.15, 0.2) is 6.29 Å². The van der Waals surface area contributed by atoms with Crippen LogP contribution < -0.4 is 4.74 Å². The zero-order valence-electron chi connectivity index (χ0n) is 7.41. The van der Waals surface area contributed by atoms with Gasteiger partial charge in [0, 0.05) is 10.1 Å². The first-order chi connectivity index (χ1) is 6.76. The van der Waals surface area contributed by atoms with E-state index in [1.807, 2.05) is 0 Å². The SMILES string of the molecule is COc1c(C=O)sc2ccc(F)cc12. The van der Waals surface area contributed by atoms with Crippen LogP contribution in [0.2, 0.25) is 0 Å². The number of benzene rings is 1. The minimum absolute atomic E-state index is 0.328. The molecule has 0 aliphatic carbocycles. The molecule has 0 spiro atoms. The molecule has 0 aliphatic rings. The maximum atomic E-state index is 12.9. The molecular weight excluding hydrogens is 203 g/mol. The summed E-state index contributed by atoms with van der Waals surface area (Å²) in [6.45, 7) is 0. The molecule has 0 saturated carbocycles. The van der Waals surface area contributed by atoms with Gasteiger partial charge in [-0.15, -0.1) is 11.3 Å². The topological polar surface area (TPSA) is 26.3 Å². The van der Waals surface area contributed by atoms with Crippen LogP contribution in [0.4, 0.5) is 4.39 Å². The van der Waals surface area contributed by atoms with Crippen molar-refractivity contribution in [2.45, 2.75) is 0 Å². The molecule has 0 aliphatic heterocycles. The molecule has 0 radical (unpaired) electrons. The highest BCUT2D eigenvalue weighted by Crippen LogP contribution is 2.36. The summed E-state index contributed by atoms with van der Waals surface area (Å²) in [4.78, 5) is 11.2. The van der Waals surface area contributed by atoms with E-state index >= 15 is 0 Å². The lowest BCUT2D eigenvalue weighted by Gasteiger charge is -1.97. The molecule has 2 nitrogen and oxygen atoms in total. The minimum Gasteiger partial charge on any atom is -0.494 e. The fourth-order valence-electron chi connectivity index (χ4n) is 1.35. The van der Waals surface area contributed by atoms with Gasteiger partial charge in [0.1, 0.15) is 16.4 Å². The van der Waals surface area contributed by atoms with Crippen molar-refractivity contribution in [2.75, 3.05) is 7.11 Å². The quantitative estimate of drug-likeness (QED) is 0.712. The molecule has 0 atom stereocenters. The highest BCUT2D eigenvalue weighted by molar-refractivity contribution is 7.21. The third-order valence-corrected chi connectivity index (χ3v) is 3.02. The third kappa shape index (κ3) is 1.28. The van der Waals surface area contributed by atoms with Crippen LogP contribution >= 0.6 is 11.3 Å². The van der Waals surface area contributed by atoms with Crippen LogP contribution in [0.15, 0.2) is 18.2 Å². The smallest absolute Gasteiger partial charge is 0.163 e. The van der Waals surface area contributed by atoms with E-state index in [0.717, 1.165) is 11.0 Å². The van der Waals surface area contributed by atoms with E-state index in [1.54, 1.807) is 6.07 Å². The van der Waals surface area contributed by atoms with Gasteiger partial charge in [-0.1, -0.05) is 0 Å². The second-order valence-electron chi connectivity index (χ2n) is 2.76. The zero-order valence-corrected chi connectivity index (χ0v) is 8.23. The number of fused-ring (bicyclic) bond motifs is 1. The molecule has 0 fully saturated rings. The standard InChI is InChI=1S/C10H7FO2S/c1-13-10-7-4-6(11)2-3-8(7)14-9(10)5-12/h2-5H,1H3. The second kappa shape index (κ2) is 3.38. The van der Waals surface area contributed by atoms with Crippen LogP contribution in [0, 0.1) is 5.82 Å². The lowest BCUT2D eigenvalue weighted by atomic mass is 10.2. The van der Waals surface area contributed by atoms with Crippen LogP contribution in [0.5, 0.6) is 5.75 Å². The summed E-state index contributed by atoms with van der Waals surface area (Å²) in [6, 6.07) is 4.38. The summed E-state index contributed by atoms with van der Waals surface area (Å²) in [5.74, 6) is 0.130. The van der Waals surface area contributed by atoms with E-state index in [-0.39, 0.29) is 5.82 Å². The van der Waals surface area contributed by atoms with Crippen molar-refractivity contribution >= 4 is 27.7 Å². The number of hydrogen-bond donors (Lipinski definition) is 0. The Balaban J connectivity index is 2.81. The summed E-state index contributed by atoms with van der Waals surface area (Å²) in [6.07, 6.45) is 0.724. The molecule has 1 heterocycles. The number of ether oxygens (including phenoxy) is 1. The van der Waals surface area contributed by atoms with Gasteiger partial charge in [-0.05, 0) is 18.2 Å². The van der Waals surface area contributed by atoms with E-state index in [2.05, 4.69) is 0 Å². The Kier molecular flexibility index (Phi) is 2.21. The van der Waals surface area contributed by atoms with Crippen LogP contribution in [-0.2, 0) is 0 Å². The highest BCUT2D eigenvalue weighted by Gasteiger charge is 2.12. The lowest BCUT2D eigenvalue weighted by molar-refractivity contribution is 0.112.